The molecule has 2 saturated heterocycles. The fraction of sp³-hybridized carbons (Fsp3) is 0.269. The number of hydrogen-bond donors (Lipinski definition) is 1. The van der Waals surface area contributed by atoms with Gasteiger partial charge in [-0.15, -0.1) is 0 Å². The maximum absolute atomic E-state index is 13.4. The average molecular weight is 459 g/mol. The number of methoxy groups -OCH3 is 1. The second kappa shape index (κ2) is 9.05. The van der Waals surface area contributed by atoms with Gasteiger partial charge in [-0.2, -0.15) is 0 Å². The van der Waals surface area contributed by atoms with Gasteiger partial charge in [0.2, 0.25) is 0 Å². The van der Waals surface area contributed by atoms with E-state index in [4.69, 9.17) is 9.47 Å². The van der Waals surface area contributed by atoms with Crippen LogP contribution in [0.4, 0.5) is 16.3 Å². The Morgan fingerprint density at radius 3 is 2.65 bits per heavy atom. The van der Waals surface area contributed by atoms with Gasteiger partial charge in [0.05, 0.1) is 25.8 Å². The van der Waals surface area contributed by atoms with Crippen molar-refractivity contribution >= 4 is 23.5 Å². The van der Waals surface area contributed by atoms with E-state index in [0.717, 1.165) is 17.0 Å². The van der Waals surface area contributed by atoms with Crippen LogP contribution >= 0.6 is 0 Å². The molecule has 0 bridgehead atoms. The fourth-order valence-corrected chi connectivity index (χ4v) is 4.51. The molecule has 1 aromatic heterocycles. The standard InChI is InChI=1S/C26H26N4O4/c1-33-21-11-9-20(10-12-21)28-23-22(8-5-14-27-23)24(31)29-15-13-26(17-29)18-30(25(32)34-26)16-19-6-3-2-4-7-19/h2-12,14H,13,15-18H2,1H3,(H,27,28)/t26-/m1/s1. The summed E-state index contributed by atoms with van der Waals surface area (Å²) in [6.45, 7) is 1.84. The smallest absolute Gasteiger partial charge is 0.410 e. The first kappa shape index (κ1) is 21.8. The van der Waals surface area contributed by atoms with Gasteiger partial charge in [-0.3, -0.25) is 9.69 Å². The van der Waals surface area contributed by atoms with E-state index in [1.807, 2.05) is 54.6 Å². The van der Waals surface area contributed by atoms with Crippen LogP contribution in [0, 0.1) is 0 Å². The van der Waals surface area contributed by atoms with Crippen molar-refractivity contribution < 1.29 is 19.1 Å². The Morgan fingerprint density at radius 2 is 1.88 bits per heavy atom. The van der Waals surface area contributed by atoms with Crippen LogP contribution in [-0.4, -0.2) is 59.1 Å². The summed E-state index contributed by atoms with van der Waals surface area (Å²) in [5, 5.41) is 3.22. The minimum atomic E-state index is -0.673. The number of ether oxygens (including phenoxy) is 2. The van der Waals surface area contributed by atoms with Gasteiger partial charge in [0.1, 0.15) is 11.6 Å². The number of nitrogens with one attached hydrogen (secondary N) is 1. The monoisotopic (exact) mass is 458 g/mol. The molecule has 1 atom stereocenters. The molecule has 8 nitrogen and oxygen atoms in total. The lowest BCUT2D eigenvalue weighted by Gasteiger charge is -2.23. The molecule has 0 aliphatic carbocycles. The zero-order chi connectivity index (χ0) is 23.5. The van der Waals surface area contributed by atoms with Gasteiger partial charge < -0.3 is 19.7 Å². The van der Waals surface area contributed by atoms with Crippen LogP contribution in [0.2, 0.25) is 0 Å². The van der Waals surface area contributed by atoms with Gasteiger partial charge in [0.25, 0.3) is 5.91 Å². The predicted molar refractivity (Wildman–Crippen MR) is 127 cm³/mol. The van der Waals surface area contributed by atoms with E-state index in [1.54, 1.807) is 35.2 Å². The molecule has 3 aromatic rings. The number of pyridine rings is 1. The molecular formula is C26H26N4O4. The van der Waals surface area contributed by atoms with E-state index in [0.29, 0.717) is 44.0 Å². The van der Waals surface area contributed by atoms with Crippen LogP contribution in [0.3, 0.4) is 0 Å². The maximum atomic E-state index is 13.4. The third-order valence-electron chi connectivity index (χ3n) is 6.25. The first-order valence-electron chi connectivity index (χ1n) is 11.2. The highest BCUT2D eigenvalue weighted by Crippen LogP contribution is 2.34. The first-order valence-corrected chi connectivity index (χ1v) is 11.2. The van der Waals surface area contributed by atoms with E-state index in [-0.39, 0.29) is 12.0 Å². The summed E-state index contributed by atoms with van der Waals surface area (Å²) >= 11 is 0. The third-order valence-corrected chi connectivity index (χ3v) is 6.25. The molecule has 2 aliphatic rings. The second-order valence-corrected chi connectivity index (χ2v) is 8.62. The lowest BCUT2D eigenvalue weighted by molar-refractivity contribution is 0.0553. The van der Waals surface area contributed by atoms with Crippen LogP contribution < -0.4 is 10.1 Å². The first-order chi connectivity index (χ1) is 16.5. The van der Waals surface area contributed by atoms with E-state index in [2.05, 4.69) is 10.3 Å². The molecule has 2 aromatic carbocycles. The molecule has 5 rings (SSSR count). The van der Waals surface area contributed by atoms with Crippen LogP contribution in [-0.2, 0) is 11.3 Å². The zero-order valence-corrected chi connectivity index (χ0v) is 18.9. The highest BCUT2D eigenvalue weighted by molar-refractivity contribution is 5.99. The molecule has 0 radical (unpaired) electrons. The highest BCUT2D eigenvalue weighted by Gasteiger charge is 2.50. The van der Waals surface area contributed by atoms with E-state index in [1.165, 1.54) is 0 Å². The van der Waals surface area contributed by atoms with Crippen LogP contribution in [0.1, 0.15) is 22.3 Å². The Bertz CT molecular complexity index is 1180. The number of likely N-dealkylation sites (tertiary alicyclic amines) is 1. The van der Waals surface area contributed by atoms with Crippen LogP contribution in [0.25, 0.3) is 0 Å². The van der Waals surface area contributed by atoms with Gasteiger partial charge in [-0.1, -0.05) is 30.3 Å². The lowest BCUT2D eigenvalue weighted by atomic mass is 10.0. The van der Waals surface area contributed by atoms with Crippen molar-refractivity contribution in [1.82, 2.24) is 14.8 Å². The summed E-state index contributed by atoms with van der Waals surface area (Å²) in [5.74, 6) is 1.09. The van der Waals surface area contributed by atoms with Crippen molar-refractivity contribution in [3.63, 3.8) is 0 Å². The van der Waals surface area contributed by atoms with Gasteiger partial charge in [0.15, 0.2) is 5.60 Å². The Kier molecular flexibility index (Phi) is 5.79. The number of benzene rings is 2. The molecule has 3 heterocycles. The van der Waals surface area contributed by atoms with E-state index < -0.39 is 5.60 Å². The summed E-state index contributed by atoms with van der Waals surface area (Å²) < 4.78 is 11.0. The second-order valence-electron chi connectivity index (χ2n) is 8.62. The SMILES string of the molecule is COc1ccc(Nc2ncccc2C(=O)N2CC[C@]3(CN(Cc4ccccc4)C(=O)O3)C2)cc1. The molecule has 1 N–H and O–H groups in total. The number of aromatic nitrogens is 1. The molecule has 2 amide bonds. The number of anilines is 2. The molecule has 8 heteroatoms. The molecule has 0 saturated carbocycles. The normalized spacial score (nSPS) is 19.4. The van der Waals surface area contributed by atoms with Crippen molar-refractivity contribution in [2.75, 3.05) is 32.1 Å². The Balaban J connectivity index is 1.28. The molecule has 2 aliphatic heterocycles. The molecule has 174 valence electrons. The van der Waals surface area contributed by atoms with Crippen LogP contribution in [0.15, 0.2) is 72.9 Å². The third kappa shape index (κ3) is 4.39. The number of nitrogens with zero attached hydrogens (tertiary/aromatic N) is 3. The number of hydrogen-bond acceptors (Lipinski definition) is 6. The number of amides is 2. The molecule has 1 spiro atoms. The minimum Gasteiger partial charge on any atom is -0.497 e. The molecular weight excluding hydrogens is 432 g/mol. The van der Waals surface area contributed by atoms with Gasteiger partial charge >= 0.3 is 6.09 Å². The number of rotatable bonds is 6. The summed E-state index contributed by atoms with van der Waals surface area (Å²) in [5.41, 5.74) is 1.65. The fourth-order valence-electron chi connectivity index (χ4n) is 4.51. The Labute approximate surface area is 198 Å². The van der Waals surface area contributed by atoms with Gasteiger partial charge in [-0.25, -0.2) is 9.78 Å². The van der Waals surface area contributed by atoms with Crippen molar-refractivity contribution in [2.24, 2.45) is 0 Å². The number of carbonyl (C=O) groups excluding carboxylic acids is 2. The van der Waals surface area contributed by atoms with Gasteiger partial charge in [-0.05, 0) is 42.0 Å². The van der Waals surface area contributed by atoms with E-state index >= 15 is 0 Å². The summed E-state index contributed by atoms with van der Waals surface area (Å²) in [7, 11) is 1.61. The maximum Gasteiger partial charge on any atom is 0.410 e. The molecule has 0 unspecified atom stereocenters. The quantitative estimate of drug-likeness (QED) is 0.600. The predicted octanol–water partition coefficient (Wildman–Crippen LogP) is 4.07. The van der Waals surface area contributed by atoms with E-state index in [9.17, 15) is 9.59 Å². The van der Waals surface area contributed by atoms with Crippen molar-refractivity contribution in [3.8, 4) is 5.75 Å². The topological polar surface area (TPSA) is 84.0 Å². The van der Waals surface area contributed by atoms with Crippen molar-refractivity contribution in [3.05, 3.63) is 84.1 Å². The zero-order valence-electron chi connectivity index (χ0n) is 18.9. The van der Waals surface area contributed by atoms with Crippen molar-refractivity contribution in [2.45, 2.75) is 18.6 Å². The Morgan fingerprint density at radius 1 is 1.09 bits per heavy atom. The Hall–Kier alpha value is -4.07. The summed E-state index contributed by atoms with van der Waals surface area (Å²) in [4.78, 5) is 33.8. The average Bonchev–Trinajstić information content (AvgIpc) is 3.41. The minimum absolute atomic E-state index is 0.140. The molecule has 34 heavy (non-hydrogen) atoms. The highest BCUT2D eigenvalue weighted by atomic mass is 16.6. The summed E-state index contributed by atoms with van der Waals surface area (Å²) in [6.07, 6.45) is 1.92. The van der Waals surface area contributed by atoms with Gasteiger partial charge in [0, 0.05) is 31.4 Å². The number of carbonyl (C=O) groups is 2. The summed E-state index contributed by atoms with van der Waals surface area (Å²) in [6, 6.07) is 20.7. The largest absolute Gasteiger partial charge is 0.497 e. The van der Waals surface area contributed by atoms with Crippen molar-refractivity contribution in [1.29, 1.82) is 0 Å². The molecule has 2 fully saturated rings. The lowest BCUT2D eigenvalue weighted by Crippen LogP contribution is -2.39. The van der Waals surface area contributed by atoms with Crippen LogP contribution in [0.5, 0.6) is 5.75 Å².